The van der Waals surface area contributed by atoms with E-state index < -0.39 is 17.7 Å². The Kier molecular flexibility index (Phi) is 6.86. The molecule has 1 saturated heterocycles. The van der Waals surface area contributed by atoms with Gasteiger partial charge in [0.15, 0.2) is 5.13 Å². The molecule has 1 N–H and O–H groups in total. The number of rotatable bonds is 7. The van der Waals surface area contributed by atoms with Gasteiger partial charge in [-0.1, -0.05) is 42.0 Å². The monoisotopic (exact) mass is 534 g/mol. The number of halogens is 1. The predicted octanol–water partition coefficient (Wildman–Crippen LogP) is 6.37. The van der Waals surface area contributed by atoms with Crippen LogP contribution in [0.25, 0.3) is 16.0 Å². The molecule has 1 aliphatic heterocycles. The van der Waals surface area contributed by atoms with Crippen LogP contribution in [-0.2, 0) is 9.59 Å². The van der Waals surface area contributed by atoms with Crippen LogP contribution in [0.4, 0.5) is 5.13 Å². The van der Waals surface area contributed by atoms with Gasteiger partial charge in [-0.05, 0) is 66.6 Å². The number of hydrogen-bond acceptors (Lipinski definition) is 7. The molecule has 0 bridgehead atoms. The first-order chi connectivity index (χ1) is 17.9. The molecule has 4 aromatic rings. The van der Waals surface area contributed by atoms with E-state index in [4.69, 9.17) is 21.1 Å². The molecule has 1 amide bonds. The number of Topliss-reactive ketones (excluding diaryl/α,β-unsaturated/α-hetero) is 1. The van der Waals surface area contributed by atoms with Gasteiger partial charge < -0.3 is 14.6 Å². The number of nitrogens with zero attached hydrogens (tertiary/aromatic N) is 2. The fourth-order valence-corrected chi connectivity index (χ4v) is 5.45. The molecule has 7 nitrogen and oxygen atoms in total. The normalized spacial score (nSPS) is 16.9. The van der Waals surface area contributed by atoms with E-state index in [9.17, 15) is 14.7 Å². The summed E-state index contributed by atoms with van der Waals surface area (Å²) in [6.45, 7) is 2.58. The first-order valence-corrected chi connectivity index (χ1v) is 12.8. The highest BCUT2D eigenvalue weighted by Crippen LogP contribution is 2.45. The Labute approximate surface area is 222 Å². The van der Waals surface area contributed by atoms with E-state index in [2.05, 4.69) is 4.98 Å². The second-order valence-corrected chi connectivity index (χ2v) is 9.87. The molecule has 1 unspecified atom stereocenters. The van der Waals surface area contributed by atoms with Gasteiger partial charge in [0.05, 0.1) is 35.5 Å². The zero-order chi connectivity index (χ0) is 26.1. The number of aromatic nitrogens is 1. The average Bonchev–Trinajstić information content (AvgIpc) is 3.44. The van der Waals surface area contributed by atoms with Gasteiger partial charge in [0.1, 0.15) is 17.3 Å². The third kappa shape index (κ3) is 4.65. The minimum atomic E-state index is -0.919. The Morgan fingerprint density at radius 2 is 1.84 bits per heavy atom. The highest BCUT2D eigenvalue weighted by Gasteiger charge is 2.48. The Bertz CT molecular complexity index is 1530. The van der Waals surface area contributed by atoms with Crippen molar-refractivity contribution in [2.75, 3.05) is 18.6 Å². The molecule has 1 atom stereocenters. The molecule has 3 aromatic carbocycles. The van der Waals surface area contributed by atoms with Crippen LogP contribution in [0.5, 0.6) is 11.5 Å². The molecule has 0 saturated carbocycles. The summed E-state index contributed by atoms with van der Waals surface area (Å²) in [6, 6.07) is 18.1. The summed E-state index contributed by atoms with van der Waals surface area (Å²) in [6.07, 6.45) is 0.864. The number of methoxy groups -OCH3 is 1. The summed E-state index contributed by atoms with van der Waals surface area (Å²) >= 11 is 7.54. The molecular weight excluding hydrogens is 512 g/mol. The van der Waals surface area contributed by atoms with Crippen LogP contribution in [0.15, 0.2) is 72.3 Å². The number of amides is 1. The van der Waals surface area contributed by atoms with Gasteiger partial charge in [-0.3, -0.25) is 14.5 Å². The summed E-state index contributed by atoms with van der Waals surface area (Å²) < 4.78 is 11.7. The fraction of sp³-hybridized carbons (Fsp3) is 0.179. The van der Waals surface area contributed by atoms with Crippen LogP contribution in [0.3, 0.4) is 0 Å². The third-order valence-electron chi connectivity index (χ3n) is 6.00. The van der Waals surface area contributed by atoms with Crippen LogP contribution >= 0.6 is 22.9 Å². The average molecular weight is 535 g/mol. The molecule has 9 heteroatoms. The van der Waals surface area contributed by atoms with Crippen molar-refractivity contribution in [2.24, 2.45) is 0 Å². The van der Waals surface area contributed by atoms with Crippen molar-refractivity contribution in [3.8, 4) is 11.5 Å². The molecule has 0 aliphatic carbocycles. The van der Waals surface area contributed by atoms with E-state index in [0.717, 1.165) is 11.1 Å². The number of carbonyl (C=O) groups excluding carboxylic acids is 2. The largest absolute Gasteiger partial charge is 0.507 e. The number of ether oxygens (including phenoxy) is 2. The third-order valence-corrected chi connectivity index (χ3v) is 7.25. The number of aliphatic hydroxyl groups excluding tert-OH is 1. The summed E-state index contributed by atoms with van der Waals surface area (Å²) in [5.41, 5.74) is 1.59. The molecule has 1 aliphatic rings. The molecule has 1 aromatic heterocycles. The summed E-state index contributed by atoms with van der Waals surface area (Å²) in [5.74, 6) is -0.556. The standard InChI is InChI=1S/C28H23ClN2O5S/c1-3-13-36-19-9-7-16(8-10-19)25(32)23-24(17-5-4-6-18(29)14-17)31(27(34)26(23)33)28-30-21-12-11-20(35-2)15-22(21)37-28/h4-12,14-15,24,32H,3,13H2,1-2H3/b25-23+. The lowest BCUT2D eigenvalue weighted by Gasteiger charge is -2.23. The topological polar surface area (TPSA) is 89.0 Å². The van der Waals surface area contributed by atoms with Crippen molar-refractivity contribution in [1.29, 1.82) is 0 Å². The SMILES string of the molecule is CCCOc1ccc(/C(O)=C2\C(=O)C(=O)N(c3nc4ccc(OC)cc4s3)C2c2cccc(Cl)c2)cc1. The Hall–Kier alpha value is -3.88. The lowest BCUT2D eigenvalue weighted by molar-refractivity contribution is -0.132. The van der Waals surface area contributed by atoms with Gasteiger partial charge in [-0.25, -0.2) is 4.98 Å². The van der Waals surface area contributed by atoms with Crippen molar-refractivity contribution in [3.05, 3.63) is 88.5 Å². The number of thiazole rings is 1. The number of carbonyl (C=O) groups is 2. The number of benzene rings is 3. The molecule has 2 heterocycles. The van der Waals surface area contributed by atoms with Gasteiger partial charge in [0.2, 0.25) is 0 Å². The molecule has 188 valence electrons. The zero-order valence-electron chi connectivity index (χ0n) is 20.1. The van der Waals surface area contributed by atoms with Crippen LogP contribution in [0, 0.1) is 0 Å². The number of fused-ring (bicyclic) bond motifs is 1. The van der Waals surface area contributed by atoms with Crippen molar-refractivity contribution in [2.45, 2.75) is 19.4 Å². The van der Waals surface area contributed by atoms with Crippen LogP contribution in [-0.4, -0.2) is 35.5 Å². The second-order valence-electron chi connectivity index (χ2n) is 8.43. The maximum absolute atomic E-state index is 13.4. The van der Waals surface area contributed by atoms with E-state index in [1.165, 1.54) is 16.2 Å². The Morgan fingerprint density at radius 1 is 1.08 bits per heavy atom. The molecule has 5 rings (SSSR count). The Balaban J connectivity index is 1.65. The van der Waals surface area contributed by atoms with E-state index in [-0.39, 0.29) is 11.3 Å². The smallest absolute Gasteiger partial charge is 0.301 e. The van der Waals surface area contributed by atoms with Crippen molar-refractivity contribution in [3.63, 3.8) is 0 Å². The van der Waals surface area contributed by atoms with Crippen LogP contribution in [0.1, 0.15) is 30.5 Å². The number of hydrogen-bond donors (Lipinski definition) is 1. The number of aliphatic hydroxyl groups is 1. The highest BCUT2D eigenvalue weighted by atomic mass is 35.5. The minimum absolute atomic E-state index is 0.0358. The first-order valence-electron chi connectivity index (χ1n) is 11.7. The van der Waals surface area contributed by atoms with Crippen molar-refractivity contribution < 1.29 is 24.2 Å². The number of ketones is 1. The Morgan fingerprint density at radius 3 is 2.54 bits per heavy atom. The lowest BCUT2D eigenvalue weighted by Crippen LogP contribution is -2.29. The zero-order valence-corrected chi connectivity index (χ0v) is 21.7. The van der Waals surface area contributed by atoms with Gasteiger partial charge in [0, 0.05) is 10.6 Å². The maximum atomic E-state index is 13.4. The lowest BCUT2D eigenvalue weighted by atomic mass is 9.95. The van der Waals surface area contributed by atoms with Crippen molar-refractivity contribution in [1.82, 2.24) is 4.98 Å². The van der Waals surface area contributed by atoms with Crippen LogP contribution < -0.4 is 14.4 Å². The molecule has 37 heavy (non-hydrogen) atoms. The van der Waals surface area contributed by atoms with Crippen LogP contribution in [0.2, 0.25) is 5.02 Å². The molecule has 1 fully saturated rings. The van der Waals surface area contributed by atoms with E-state index in [1.807, 2.05) is 13.0 Å². The number of anilines is 1. The van der Waals surface area contributed by atoms with Gasteiger partial charge >= 0.3 is 5.91 Å². The van der Waals surface area contributed by atoms with E-state index in [1.54, 1.807) is 67.8 Å². The summed E-state index contributed by atoms with van der Waals surface area (Å²) in [7, 11) is 1.57. The molecule has 0 radical (unpaired) electrons. The van der Waals surface area contributed by atoms with Gasteiger partial charge in [-0.15, -0.1) is 0 Å². The second kappa shape index (κ2) is 10.2. The van der Waals surface area contributed by atoms with E-state index in [0.29, 0.717) is 44.9 Å². The van der Waals surface area contributed by atoms with E-state index >= 15 is 0 Å². The predicted molar refractivity (Wildman–Crippen MR) is 145 cm³/mol. The van der Waals surface area contributed by atoms with Gasteiger partial charge in [-0.2, -0.15) is 0 Å². The summed E-state index contributed by atoms with van der Waals surface area (Å²) in [4.78, 5) is 32.8. The quantitative estimate of drug-likeness (QED) is 0.168. The first kappa shape index (κ1) is 24.8. The molecule has 0 spiro atoms. The highest BCUT2D eigenvalue weighted by molar-refractivity contribution is 7.22. The maximum Gasteiger partial charge on any atom is 0.301 e. The summed E-state index contributed by atoms with van der Waals surface area (Å²) in [5, 5.41) is 12.1. The van der Waals surface area contributed by atoms with Crippen molar-refractivity contribution >= 4 is 55.7 Å². The molecular formula is C28H23ClN2O5S. The minimum Gasteiger partial charge on any atom is -0.507 e. The fourth-order valence-electron chi connectivity index (χ4n) is 4.23. The van der Waals surface area contributed by atoms with Gasteiger partial charge in [0.25, 0.3) is 5.78 Å².